The molecule has 1 heterocycles. The molecular formula is C27H20ClF5N2O3. The first-order valence-corrected chi connectivity index (χ1v) is 11.9. The Balaban J connectivity index is 1.85. The quantitative estimate of drug-likeness (QED) is 0.133. The van der Waals surface area contributed by atoms with Crippen LogP contribution in [0.1, 0.15) is 58.0 Å². The fourth-order valence-corrected chi connectivity index (χ4v) is 4.24. The SMILES string of the molecule is CCCCOC(=O)c1ccc(-c2nn(C(=O)c3c(Cl)cccc3C(F)(F)F)c3ccccc23)cc1C(F)F. The fraction of sp³-hybridized carbons (Fsp3) is 0.222. The summed E-state index contributed by atoms with van der Waals surface area (Å²) in [5.74, 6) is -2.04. The summed E-state index contributed by atoms with van der Waals surface area (Å²) < 4.78 is 74.7. The summed E-state index contributed by atoms with van der Waals surface area (Å²) in [6, 6.07) is 12.7. The van der Waals surface area contributed by atoms with Crippen LogP contribution in [0.25, 0.3) is 22.2 Å². The van der Waals surface area contributed by atoms with Crippen LogP contribution in [0, 0.1) is 0 Å². The molecule has 38 heavy (non-hydrogen) atoms. The van der Waals surface area contributed by atoms with E-state index in [9.17, 15) is 31.5 Å². The number of halogens is 6. The fourth-order valence-electron chi connectivity index (χ4n) is 3.98. The van der Waals surface area contributed by atoms with E-state index in [1.807, 2.05) is 6.92 Å². The summed E-state index contributed by atoms with van der Waals surface area (Å²) in [6.45, 7) is 1.97. The molecule has 5 nitrogen and oxygen atoms in total. The van der Waals surface area contributed by atoms with Gasteiger partial charge in [0.05, 0.1) is 33.8 Å². The number of fused-ring (bicyclic) bond motifs is 1. The molecule has 0 saturated heterocycles. The third kappa shape index (κ3) is 5.26. The molecular weight excluding hydrogens is 531 g/mol. The molecule has 0 spiro atoms. The smallest absolute Gasteiger partial charge is 0.417 e. The maximum Gasteiger partial charge on any atom is 0.417 e. The molecule has 4 aromatic rings. The molecule has 0 aliphatic rings. The molecule has 0 N–H and O–H groups in total. The largest absolute Gasteiger partial charge is 0.462 e. The van der Waals surface area contributed by atoms with Crippen molar-refractivity contribution in [2.75, 3.05) is 6.61 Å². The Morgan fingerprint density at radius 2 is 1.79 bits per heavy atom. The van der Waals surface area contributed by atoms with Crippen molar-refractivity contribution < 1.29 is 36.3 Å². The minimum absolute atomic E-state index is 0.0577. The van der Waals surface area contributed by atoms with Crippen molar-refractivity contribution in [3.8, 4) is 11.3 Å². The summed E-state index contributed by atoms with van der Waals surface area (Å²) in [4.78, 5) is 25.7. The van der Waals surface area contributed by atoms with Gasteiger partial charge in [-0.3, -0.25) is 4.79 Å². The Morgan fingerprint density at radius 1 is 1.05 bits per heavy atom. The van der Waals surface area contributed by atoms with Crippen LogP contribution in [0.4, 0.5) is 22.0 Å². The van der Waals surface area contributed by atoms with Gasteiger partial charge >= 0.3 is 12.1 Å². The first-order chi connectivity index (χ1) is 18.0. The Labute approximate surface area is 218 Å². The average Bonchev–Trinajstić information content (AvgIpc) is 3.27. The van der Waals surface area contributed by atoms with Crippen molar-refractivity contribution in [1.29, 1.82) is 0 Å². The standard InChI is InChI=1S/C27H20ClF5N2O3/c1-2-3-13-38-26(37)16-12-11-15(14-18(16)24(29)30)23-17-7-4-5-10-21(17)35(34-23)25(36)22-19(27(31,32)33)8-6-9-20(22)28/h4-12,14,24H,2-3,13H2,1H3. The van der Waals surface area contributed by atoms with E-state index in [0.717, 1.165) is 35.4 Å². The van der Waals surface area contributed by atoms with Crippen molar-refractivity contribution in [1.82, 2.24) is 9.78 Å². The number of para-hydroxylation sites is 1. The number of ether oxygens (including phenoxy) is 1. The molecule has 11 heteroatoms. The average molecular weight is 551 g/mol. The van der Waals surface area contributed by atoms with Crippen LogP contribution in [0.5, 0.6) is 0 Å². The zero-order chi connectivity index (χ0) is 27.6. The molecule has 1 aromatic heterocycles. The minimum atomic E-state index is -4.87. The Morgan fingerprint density at radius 3 is 2.47 bits per heavy atom. The molecule has 0 bridgehead atoms. The Hall–Kier alpha value is -3.79. The highest BCUT2D eigenvalue weighted by atomic mass is 35.5. The Kier molecular flexibility index (Phi) is 7.82. The second-order valence-electron chi connectivity index (χ2n) is 8.34. The van der Waals surface area contributed by atoms with Crippen molar-refractivity contribution in [3.63, 3.8) is 0 Å². The number of benzene rings is 3. The van der Waals surface area contributed by atoms with Crippen LogP contribution in [0.3, 0.4) is 0 Å². The first-order valence-electron chi connectivity index (χ1n) is 11.5. The molecule has 4 rings (SSSR count). The van der Waals surface area contributed by atoms with Gasteiger partial charge in [0.2, 0.25) is 0 Å². The van der Waals surface area contributed by atoms with E-state index in [1.54, 1.807) is 18.2 Å². The number of hydrogen-bond donors (Lipinski definition) is 0. The number of esters is 1. The van der Waals surface area contributed by atoms with E-state index in [2.05, 4.69) is 5.10 Å². The number of rotatable bonds is 7. The normalized spacial score (nSPS) is 11.8. The van der Waals surface area contributed by atoms with Crippen molar-refractivity contribution in [2.24, 2.45) is 0 Å². The Bertz CT molecular complexity index is 1510. The lowest BCUT2D eigenvalue weighted by atomic mass is 10.0. The number of carbonyl (C=O) groups excluding carboxylic acids is 2. The van der Waals surface area contributed by atoms with Gasteiger partial charge in [0.15, 0.2) is 0 Å². The molecule has 0 aliphatic carbocycles. The molecule has 198 valence electrons. The predicted octanol–water partition coefficient (Wildman–Crippen LogP) is 7.96. The summed E-state index contributed by atoms with van der Waals surface area (Å²) in [6.07, 6.45) is -6.57. The van der Waals surface area contributed by atoms with Crippen molar-refractivity contribution in [2.45, 2.75) is 32.4 Å². The summed E-state index contributed by atoms with van der Waals surface area (Å²) in [5.41, 5.74) is -2.61. The number of nitrogens with zero attached hydrogens (tertiary/aromatic N) is 2. The van der Waals surface area contributed by atoms with Gasteiger partial charge in [-0.05, 0) is 36.8 Å². The molecule has 0 fully saturated rings. The van der Waals surface area contributed by atoms with Gasteiger partial charge in [-0.2, -0.15) is 23.0 Å². The van der Waals surface area contributed by atoms with E-state index < -0.39 is 46.2 Å². The van der Waals surface area contributed by atoms with Gasteiger partial charge in [-0.25, -0.2) is 13.6 Å². The molecule has 0 aliphatic heterocycles. The summed E-state index contributed by atoms with van der Waals surface area (Å²) >= 11 is 6.01. The van der Waals surface area contributed by atoms with Gasteiger partial charge in [0.1, 0.15) is 5.69 Å². The van der Waals surface area contributed by atoms with Crippen LogP contribution in [-0.2, 0) is 10.9 Å². The van der Waals surface area contributed by atoms with Crippen LogP contribution < -0.4 is 0 Å². The van der Waals surface area contributed by atoms with Crippen molar-refractivity contribution >= 4 is 34.4 Å². The van der Waals surface area contributed by atoms with Crippen LogP contribution in [0.2, 0.25) is 5.02 Å². The van der Waals surface area contributed by atoms with Gasteiger partial charge in [-0.1, -0.05) is 55.3 Å². The molecule has 0 radical (unpaired) electrons. The predicted molar refractivity (Wildman–Crippen MR) is 131 cm³/mol. The first kappa shape index (κ1) is 27.3. The lowest BCUT2D eigenvalue weighted by Crippen LogP contribution is -2.20. The summed E-state index contributed by atoms with van der Waals surface area (Å²) in [5, 5.41) is 4.12. The highest BCUT2D eigenvalue weighted by Gasteiger charge is 2.37. The zero-order valence-electron chi connectivity index (χ0n) is 19.9. The van der Waals surface area contributed by atoms with E-state index in [-0.39, 0.29) is 28.9 Å². The lowest BCUT2D eigenvalue weighted by molar-refractivity contribution is -0.137. The molecule has 3 aromatic carbocycles. The maximum atomic E-state index is 13.9. The van der Waals surface area contributed by atoms with Gasteiger partial charge in [0.25, 0.3) is 12.3 Å². The highest BCUT2D eigenvalue weighted by Crippen LogP contribution is 2.37. The van der Waals surface area contributed by atoms with Crippen molar-refractivity contribution in [3.05, 3.63) is 87.9 Å². The number of hydrogen-bond acceptors (Lipinski definition) is 4. The number of alkyl halides is 5. The molecule has 0 atom stereocenters. The van der Waals surface area contributed by atoms with Crippen LogP contribution >= 0.6 is 11.6 Å². The van der Waals surface area contributed by atoms with Gasteiger partial charge in [0, 0.05) is 16.5 Å². The lowest BCUT2D eigenvalue weighted by Gasteiger charge is -2.13. The molecule has 0 amide bonds. The van der Waals surface area contributed by atoms with Crippen LogP contribution in [0.15, 0.2) is 60.7 Å². The molecule has 0 saturated carbocycles. The number of unbranched alkanes of at least 4 members (excludes halogenated alkanes) is 1. The highest BCUT2D eigenvalue weighted by molar-refractivity contribution is 6.34. The number of aromatic nitrogens is 2. The zero-order valence-corrected chi connectivity index (χ0v) is 20.6. The topological polar surface area (TPSA) is 61.2 Å². The number of carbonyl (C=O) groups is 2. The molecule has 0 unspecified atom stereocenters. The second kappa shape index (κ2) is 10.9. The van der Waals surface area contributed by atoms with Gasteiger partial charge < -0.3 is 4.74 Å². The monoisotopic (exact) mass is 550 g/mol. The summed E-state index contributed by atoms with van der Waals surface area (Å²) in [7, 11) is 0. The second-order valence-corrected chi connectivity index (χ2v) is 8.74. The van der Waals surface area contributed by atoms with E-state index in [4.69, 9.17) is 16.3 Å². The minimum Gasteiger partial charge on any atom is -0.462 e. The third-order valence-electron chi connectivity index (χ3n) is 5.82. The van der Waals surface area contributed by atoms with Crippen LogP contribution in [-0.4, -0.2) is 28.3 Å². The van der Waals surface area contributed by atoms with Gasteiger partial charge in [-0.15, -0.1) is 0 Å². The maximum absolute atomic E-state index is 13.9. The third-order valence-corrected chi connectivity index (χ3v) is 6.14. The van der Waals surface area contributed by atoms with E-state index in [1.165, 1.54) is 18.2 Å². The van der Waals surface area contributed by atoms with E-state index in [0.29, 0.717) is 11.8 Å². The van der Waals surface area contributed by atoms with E-state index >= 15 is 0 Å².